The first-order valence-corrected chi connectivity index (χ1v) is 9.01. The molecule has 8 heteroatoms. The molecule has 3 amide bonds. The molecule has 2 aromatic carbocycles. The van der Waals surface area contributed by atoms with E-state index in [9.17, 15) is 24.1 Å². The molecule has 1 N–H and O–H groups in total. The lowest BCUT2D eigenvalue weighted by atomic mass is 9.84. The van der Waals surface area contributed by atoms with Gasteiger partial charge in [-0.15, -0.1) is 0 Å². The molecule has 1 aliphatic heterocycles. The zero-order chi connectivity index (χ0) is 20.3. The summed E-state index contributed by atoms with van der Waals surface area (Å²) < 4.78 is 13.3. The minimum absolute atomic E-state index is 0.00225. The molecule has 1 fully saturated rings. The Kier molecular flexibility index (Phi) is 5.39. The first-order valence-electron chi connectivity index (χ1n) is 9.01. The van der Waals surface area contributed by atoms with Crippen LogP contribution in [0.1, 0.15) is 37.3 Å². The van der Waals surface area contributed by atoms with Crippen molar-refractivity contribution in [1.29, 1.82) is 0 Å². The van der Waals surface area contributed by atoms with Crippen LogP contribution in [0, 0.1) is 15.9 Å². The number of nitrogens with one attached hydrogen (secondary N) is 1. The number of imide groups is 1. The van der Waals surface area contributed by atoms with Crippen molar-refractivity contribution >= 4 is 17.6 Å². The number of hydrogen-bond acceptors (Lipinski definition) is 4. The average Bonchev–Trinajstić information content (AvgIpc) is 2.92. The number of carbonyl (C=O) groups excluding carboxylic acids is 2. The summed E-state index contributed by atoms with van der Waals surface area (Å²) >= 11 is 0. The van der Waals surface area contributed by atoms with Gasteiger partial charge in [-0.3, -0.25) is 19.8 Å². The topological polar surface area (TPSA) is 92.6 Å². The third kappa shape index (κ3) is 3.58. The normalized spacial score (nSPS) is 19.0. The molecule has 7 nitrogen and oxygen atoms in total. The van der Waals surface area contributed by atoms with Crippen molar-refractivity contribution in [2.75, 3.05) is 0 Å². The van der Waals surface area contributed by atoms with Gasteiger partial charge in [0.1, 0.15) is 11.4 Å². The van der Waals surface area contributed by atoms with E-state index in [2.05, 4.69) is 5.32 Å². The van der Waals surface area contributed by atoms with E-state index in [-0.39, 0.29) is 12.2 Å². The highest BCUT2D eigenvalue weighted by Gasteiger charge is 2.51. The van der Waals surface area contributed by atoms with Crippen LogP contribution in [0.25, 0.3) is 0 Å². The zero-order valence-electron chi connectivity index (χ0n) is 15.4. The van der Waals surface area contributed by atoms with Crippen molar-refractivity contribution in [3.8, 4) is 0 Å². The summed E-state index contributed by atoms with van der Waals surface area (Å²) in [6.45, 7) is 1.98. The molecule has 1 saturated heterocycles. The molecule has 146 valence electrons. The fraction of sp³-hybridized carbons (Fsp3) is 0.300. The minimum Gasteiger partial charge on any atom is -0.319 e. The van der Waals surface area contributed by atoms with Crippen LogP contribution in [-0.4, -0.2) is 21.8 Å². The van der Waals surface area contributed by atoms with Gasteiger partial charge in [-0.2, -0.15) is 0 Å². The quantitative estimate of drug-likeness (QED) is 0.445. The van der Waals surface area contributed by atoms with E-state index in [1.165, 1.54) is 48.5 Å². The Balaban J connectivity index is 1.90. The number of rotatable bonds is 7. The molecule has 0 unspecified atom stereocenters. The van der Waals surface area contributed by atoms with Gasteiger partial charge in [0.05, 0.1) is 11.5 Å². The molecule has 2 aromatic rings. The molecule has 28 heavy (non-hydrogen) atoms. The minimum atomic E-state index is -1.23. The monoisotopic (exact) mass is 385 g/mol. The maximum Gasteiger partial charge on any atom is 0.325 e. The van der Waals surface area contributed by atoms with E-state index < -0.39 is 28.2 Å². The van der Waals surface area contributed by atoms with Gasteiger partial charge < -0.3 is 5.32 Å². The van der Waals surface area contributed by atoms with Crippen LogP contribution in [0.5, 0.6) is 0 Å². The maximum atomic E-state index is 13.3. The number of non-ortho nitro benzene ring substituents is 1. The summed E-state index contributed by atoms with van der Waals surface area (Å²) in [5, 5.41) is 13.6. The largest absolute Gasteiger partial charge is 0.325 e. The molecule has 1 aliphatic rings. The van der Waals surface area contributed by atoms with Crippen molar-refractivity contribution < 1.29 is 18.9 Å². The van der Waals surface area contributed by atoms with Gasteiger partial charge in [0, 0.05) is 12.1 Å². The highest BCUT2D eigenvalue weighted by molar-refractivity contribution is 6.07. The number of halogens is 1. The summed E-state index contributed by atoms with van der Waals surface area (Å²) in [6, 6.07) is 10.7. The third-order valence-corrected chi connectivity index (χ3v) is 4.91. The Morgan fingerprint density at radius 3 is 2.32 bits per heavy atom. The standard InChI is InChI=1S/C20H20FN3O4/c1-2-3-12-20(15-6-8-16(21)9-7-15)18(25)23(19(26)22-20)13-14-4-10-17(11-5-14)24(27)28/h4-11H,2-3,12-13H2,1H3,(H,22,26)/t20-/m1/s1. The Morgan fingerprint density at radius 2 is 1.75 bits per heavy atom. The average molecular weight is 385 g/mol. The van der Waals surface area contributed by atoms with Crippen molar-refractivity contribution in [3.05, 3.63) is 75.6 Å². The Bertz CT molecular complexity index is 899. The number of nitro groups is 1. The molecule has 0 bridgehead atoms. The van der Waals surface area contributed by atoms with E-state index in [4.69, 9.17) is 0 Å². The number of hydrogen-bond donors (Lipinski definition) is 1. The Labute approximate surface area is 161 Å². The number of unbranched alkanes of at least 4 members (excludes halogenated alkanes) is 1. The van der Waals surface area contributed by atoms with Crippen molar-refractivity contribution in [2.45, 2.75) is 38.3 Å². The predicted octanol–water partition coefficient (Wildman–Crippen LogP) is 3.87. The van der Waals surface area contributed by atoms with Gasteiger partial charge in [-0.25, -0.2) is 9.18 Å². The van der Waals surface area contributed by atoms with Gasteiger partial charge in [0.25, 0.3) is 11.6 Å². The van der Waals surface area contributed by atoms with Gasteiger partial charge in [0.15, 0.2) is 0 Å². The van der Waals surface area contributed by atoms with Gasteiger partial charge in [-0.05, 0) is 29.7 Å². The summed E-state index contributed by atoms with van der Waals surface area (Å²) in [5.41, 5.74) is -0.169. The molecule has 0 saturated carbocycles. The Hall–Kier alpha value is -3.29. The smallest absolute Gasteiger partial charge is 0.319 e. The van der Waals surface area contributed by atoms with E-state index in [1.54, 1.807) is 0 Å². The van der Waals surface area contributed by atoms with Crippen LogP contribution in [0.15, 0.2) is 48.5 Å². The summed E-state index contributed by atoms with van der Waals surface area (Å²) in [6.07, 6.45) is 1.93. The van der Waals surface area contributed by atoms with E-state index in [0.717, 1.165) is 11.3 Å². The molecule has 1 heterocycles. The maximum absolute atomic E-state index is 13.3. The second-order valence-corrected chi connectivity index (χ2v) is 6.76. The highest BCUT2D eigenvalue weighted by atomic mass is 19.1. The molecular weight excluding hydrogens is 365 g/mol. The van der Waals surface area contributed by atoms with E-state index >= 15 is 0 Å². The molecule has 0 radical (unpaired) electrons. The third-order valence-electron chi connectivity index (χ3n) is 4.91. The molecule has 1 atom stereocenters. The number of benzene rings is 2. The Morgan fingerprint density at radius 1 is 1.11 bits per heavy atom. The number of carbonyl (C=O) groups is 2. The van der Waals surface area contributed by atoms with Gasteiger partial charge in [0.2, 0.25) is 0 Å². The molecule has 3 rings (SSSR count). The first-order chi connectivity index (χ1) is 13.4. The molecule has 0 aromatic heterocycles. The highest BCUT2D eigenvalue weighted by Crippen LogP contribution is 2.35. The van der Waals surface area contributed by atoms with E-state index in [1.807, 2.05) is 6.92 Å². The summed E-state index contributed by atoms with van der Waals surface area (Å²) in [4.78, 5) is 37.2. The molecule has 0 aliphatic carbocycles. The summed E-state index contributed by atoms with van der Waals surface area (Å²) in [5.74, 6) is -0.829. The van der Waals surface area contributed by atoms with Crippen LogP contribution in [0.3, 0.4) is 0 Å². The lowest BCUT2D eigenvalue weighted by Crippen LogP contribution is -2.44. The predicted molar refractivity (Wildman–Crippen MR) is 99.8 cm³/mol. The fourth-order valence-electron chi connectivity index (χ4n) is 3.36. The number of amides is 3. The molecule has 0 spiro atoms. The number of urea groups is 1. The van der Waals surface area contributed by atoms with Gasteiger partial charge >= 0.3 is 6.03 Å². The second kappa shape index (κ2) is 7.75. The van der Waals surface area contributed by atoms with Crippen molar-refractivity contribution in [3.63, 3.8) is 0 Å². The van der Waals surface area contributed by atoms with Crippen LogP contribution in [-0.2, 0) is 16.9 Å². The second-order valence-electron chi connectivity index (χ2n) is 6.76. The lowest BCUT2D eigenvalue weighted by Gasteiger charge is -2.27. The van der Waals surface area contributed by atoms with E-state index in [0.29, 0.717) is 24.0 Å². The van der Waals surface area contributed by atoms with Crippen molar-refractivity contribution in [2.24, 2.45) is 0 Å². The lowest BCUT2D eigenvalue weighted by molar-refractivity contribution is -0.384. The fourth-order valence-corrected chi connectivity index (χ4v) is 3.36. The van der Waals surface area contributed by atoms with Crippen LogP contribution in [0.4, 0.5) is 14.9 Å². The van der Waals surface area contributed by atoms with Crippen molar-refractivity contribution in [1.82, 2.24) is 10.2 Å². The van der Waals surface area contributed by atoms with Crippen LogP contribution in [0.2, 0.25) is 0 Å². The number of nitrogens with zero attached hydrogens (tertiary/aromatic N) is 2. The molecular formula is C20H20FN3O4. The first kappa shape index (κ1) is 19.5. The SMILES string of the molecule is CCCC[C@]1(c2ccc(F)cc2)NC(=O)N(Cc2ccc([N+](=O)[O-])cc2)C1=O. The van der Waals surface area contributed by atoms with Crippen LogP contribution >= 0.6 is 0 Å². The van der Waals surface area contributed by atoms with Gasteiger partial charge in [-0.1, -0.05) is 44.0 Å². The number of nitro benzene ring substituents is 1. The summed E-state index contributed by atoms with van der Waals surface area (Å²) in [7, 11) is 0. The zero-order valence-corrected chi connectivity index (χ0v) is 15.4. The van der Waals surface area contributed by atoms with Crippen LogP contribution < -0.4 is 5.32 Å².